The van der Waals surface area contributed by atoms with Crippen LogP contribution in [-0.2, 0) is 11.0 Å². The second kappa shape index (κ2) is 10.4. The fourth-order valence-electron chi connectivity index (χ4n) is 4.49. The first kappa shape index (κ1) is 29.3. The molecule has 0 bridgehead atoms. The number of likely N-dealkylation sites (N-methyl/N-ethyl adjacent to an activating group) is 1. The summed E-state index contributed by atoms with van der Waals surface area (Å²) in [6.07, 6.45) is -5.70. The van der Waals surface area contributed by atoms with E-state index in [0.717, 1.165) is 26.7 Å². The monoisotopic (exact) mass is 582 g/mol. The summed E-state index contributed by atoms with van der Waals surface area (Å²) in [5.41, 5.74) is 2.33. The molecular formula is C24H26F4N8O5. The SMILES string of the molecule is COc1ncc(-c2cc(C(F)(F)F)c3c(N)ncnn23)cc1C(=O)N[C@@H]1CN(C(=O)C(C)(C)N(C)C(=O)O)C[C@@H]1F. The second-order valence-electron chi connectivity index (χ2n) is 9.83. The van der Waals surface area contributed by atoms with Crippen LogP contribution in [-0.4, -0.2) is 97.4 Å². The van der Waals surface area contributed by atoms with Crippen LogP contribution in [0.1, 0.15) is 29.8 Å². The number of aromatic nitrogens is 4. The van der Waals surface area contributed by atoms with Gasteiger partial charge in [-0.25, -0.2) is 23.7 Å². The van der Waals surface area contributed by atoms with Crippen LogP contribution in [0, 0.1) is 0 Å². The molecule has 0 aliphatic carbocycles. The number of amides is 3. The van der Waals surface area contributed by atoms with E-state index < -0.39 is 65.3 Å². The Morgan fingerprint density at radius 3 is 2.49 bits per heavy atom. The number of carboxylic acid groups (broad SMARTS) is 1. The Kier molecular flexibility index (Phi) is 7.40. The molecule has 1 aliphatic rings. The summed E-state index contributed by atoms with van der Waals surface area (Å²) in [7, 11) is 2.43. The van der Waals surface area contributed by atoms with Gasteiger partial charge in [-0.1, -0.05) is 0 Å². The number of alkyl halides is 4. The minimum Gasteiger partial charge on any atom is -0.480 e. The fourth-order valence-corrected chi connectivity index (χ4v) is 4.49. The Morgan fingerprint density at radius 2 is 1.88 bits per heavy atom. The summed E-state index contributed by atoms with van der Waals surface area (Å²) in [6, 6.07) is 0.820. The highest BCUT2D eigenvalue weighted by molar-refractivity contribution is 5.98. The smallest absolute Gasteiger partial charge is 0.418 e. The van der Waals surface area contributed by atoms with Crippen molar-refractivity contribution in [3.05, 3.63) is 35.8 Å². The lowest BCUT2D eigenvalue weighted by atomic mass is 10.0. The van der Waals surface area contributed by atoms with E-state index in [1.54, 1.807) is 0 Å². The lowest BCUT2D eigenvalue weighted by Gasteiger charge is -2.35. The maximum absolute atomic E-state index is 15.0. The highest BCUT2D eigenvalue weighted by Gasteiger charge is 2.44. The molecule has 3 amide bonds. The van der Waals surface area contributed by atoms with E-state index in [0.29, 0.717) is 0 Å². The Morgan fingerprint density at radius 1 is 1.20 bits per heavy atom. The van der Waals surface area contributed by atoms with Gasteiger partial charge in [0.25, 0.3) is 5.91 Å². The molecule has 4 heterocycles. The number of nitrogens with one attached hydrogen (secondary N) is 1. The molecule has 17 heteroatoms. The molecule has 0 unspecified atom stereocenters. The van der Waals surface area contributed by atoms with Crippen LogP contribution in [0.15, 0.2) is 24.7 Å². The lowest BCUT2D eigenvalue weighted by Crippen LogP contribution is -2.56. The van der Waals surface area contributed by atoms with Gasteiger partial charge in [-0.2, -0.15) is 18.3 Å². The number of nitrogen functional groups attached to an aromatic ring is 1. The third-order valence-corrected chi connectivity index (χ3v) is 6.97. The molecule has 4 rings (SSSR count). The van der Waals surface area contributed by atoms with Crippen LogP contribution >= 0.6 is 0 Å². The van der Waals surface area contributed by atoms with Crippen molar-refractivity contribution in [1.82, 2.24) is 34.7 Å². The molecule has 0 saturated carbocycles. The maximum atomic E-state index is 15.0. The van der Waals surface area contributed by atoms with Crippen LogP contribution in [0.3, 0.4) is 0 Å². The van der Waals surface area contributed by atoms with Crippen molar-refractivity contribution >= 4 is 29.2 Å². The number of nitrogens with zero attached hydrogens (tertiary/aromatic N) is 6. The second-order valence-corrected chi connectivity index (χ2v) is 9.83. The molecule has 1 fully saturated rings. The first-order valence-corrected chi connectivity index (χ1v) is 12.0. The van der Waals surface area contributed by atoms with Crippen LogP contribution in [0.25, 0.3) is 16.8 Å². The fraction of sp³-hybridized carbons (Fsp3) is 0.417. The molecular weight excluding hydrogens is 556 g/mol. The van der Waals surface area contributed by atoms with Gasteiger partial charge >= 0.3 is 12.3 Å². The molecule has 4 N–H and O–H groups in total. The number of hydrogen-bond donors (Lipinski definition) is 3. The summed E-state index contributed by atoms with van der Waals surface area (Å²) in [5.74, 6) is -2.14. The maximum Gasteiger partial charge on any atom is 0.418 e. The number of carbonyl (C=O) groups is 3. The number of methoxy groups -OCH3 is 1. The van der Waals surface area contributed by atoms with Gasteiger partial charge in [0, 0.05) is 25.4 Å². The van der Waals surface area contributed by atoms with Crippen molar-refractivity contribution in [3.63, 3.8) is 0 Å². The van der Waals surface area contributed by atoms with Gasteiger partial charge in [0.2, 0.25) is 11.8 Å². The van der Waals surface area contributed by atoms with Crippen LogP contribution in [0.4, 0.5) is 28.2 Å². The van der Waals surface area contributed by atoms with Gasteiger partial charge in [-0.3, -0.25) is 14.5 Å². The van der Waals surface area contributed by atoms with Crippen LogP contribution in [0.2, 0.25) is 0 Å². The molecule has 41 heavy (non-hydrogen) atoms. The quantitative estimate of drug-likeness (QED) is 0.369. The zero-order chi connectivity index (χ0) is 30.4. The van der Waals surface area contributed by atoms with E-state index in [2.05, 4.69) is 20.4 Å². The van der Waals surface area contributed by atoms with Gasteiger partial charge in [0.05, 0.1) is 31.0 Å². The van der Waals surface area contributed by atoms with Crippen molar-refractivity contribution in [3.8, 4) is 17.1 Å². The Balaban J connectivity index is 1.63. The minimum atomic E-state index is -4.79. The van der Waals surface area contributed by atoms with E-state index in [1.165, 1.54) is 40.3 Å². The average molecular weight is 583 g/mol. The highest BCUT2D eigenvalue weighted by atomic mass is 19.4. The number of rotatable bonds is 6. The van der Waals surface area contributed by atoms with Gasteiger partial charge in [-0.05, 0) is 26.0 Å². The zero-order valence-corrected chi connectivity index (χ0v) is 22.2. The number of nitrogens with two attached hydrogens (primary N) is 1. The number of anilines is 1. The van der Waals surface area contributed by atoms with Crippen LogP contribution in [0.5, 0.6) is 5.88 Å². The standard InChI is InChI=1S/C24H26F4N8O5/c1-23(2,34(3)22(39)40)21(38)35-8-14(25)15(9-35)33-19(37)12-5-11(7-30-20(12)41-4)16-6-13(24(26,27)28)17-18(29)31-10-32-36(16)17/h5-7,10,14-15H,8-9H2,1-4H3,(H,33,37)(H,39,40)(H2,29,31,32)/t14-,15+/m0/s1. The summed E-state index contributed by atoms with van der Waals surface area (Å²) in [5, 5.41) is 15.6. The van der Waals surface area contributed by atoms with E-state index in [9.17, 15) is 37.1 Å². The number of pyridine rings is 1. The Bertz CT molecular complexity index is 1530. The van der Waals surface area contributed by atoms with Gasteiger partial charge in [-0.15, -0.1) is 0 Å². The first-order chi connectivity index (χ1) is 19.1. The zero-order valence-electron chi connectivity index (χ0n) is 22.2. The van der Waals surface area contributed by atoms with Crippen molar-refractivity contribution in [1.29, 1.82) is 0 Å². The summed E-state index contributed by atoms with van der Waals surface area (Å²) < 4.78 is 62.2. The molecule has 220 valence electrons. The number of ether oxygens (including phenoxy) is 1. The predicted octanol–water partition coefficient (Wildman–Crippen LogP) is 2.07. The molecule has 2 atom stereocenters. The summed E-state index contributed by atoms with van der Waals surface area (Å²) >= 11 is 0. The average Bonchev–Trinajstić information content (AvgIpc) is 3.48. The Labute approximate surface area is 229 Å². The normalized spacial score (nSPS) is 17.5. The number of hydrogen-bond acceptors (Lipinski definition) is 8. The third-order valence-electron chi connectivity index (χ3n) is 6.97. The number of likely N-dealkylation sites (tertiary alicyclic amines) is 1. The first-order valence-electron chi connectivity index (χ1n) is 12.0. The minimum absolute atomic E-state index is 0.0398. The van der Waals surface area contributed by atoms with Crippen LogP contribution < -0.4 is 15.8 Å². The lowest BCUT2D eigenvalue weighted by molar-refractivity contribution is -0.140. The van der Waals surface area contributed by atoms with Gasteiger partial charge in [0.15, 0.2) is 5.82 Å². The topological polar surface area (TPSA) is 168 Å². The van der Waals surface area contributed by atoms with Gasteiger partial charge < -0.3 is 25.8 Å². The van der Waals surface area contributed by atoms with Crippen molar-refractivity contribution in [2.45, 2.75) is 37.8 Å². The molecule has 1 aliphatic heterocycles. The highest BCUT2D eigenvalue weighted by Crippen LogP contribution is 2.39. The molecule has 3 aromatic rings. The van der Waals surface area contributed by atoms with E-state index in [-0.39, 0.29) is 29.2 Å². The molecule has 0 aromatic carbocycles. The van der Waals surface area contributed by atoms with Crippen molar-refractivity contribution < 1.29 is 41.8 Å². The molecule has 1 saturated heterocycles. The Hall–Kier alpha value is -4.70. The molecule has 13 nitrogen and oxygen atoms in total. The largest absolute Gasteiger partial charge is 0.480 e. The summed E-state index contributed by atoms with van der Waals surface area (Å²) in [6.45, 7) is 2.09. The molecule has 3 aromatic heterocycles. The molecule has 0 radical (unpaired) electrons. The third kappa shape index (κ3) is 5.26. The van der Waals surface area contributed by atoms with Crippen molar-refractivity contribution in [2.24, 2.45) is 0 Å². The summed E-state index contributed by atoms with van der Waals surface area (Å²) in [4.78, 5) is 47.1. The predicted molar refractivity (Wildman–Crippen MR) is 135 cm³/mol. The molecule has 0 spiro atoms. The van der Waals surface area contributed by atoms with E-state index >= 15 is 0 Å². The number of carbonyl (C=O) groups excluding carboxylic acids is 2. The number of halogens is 4. The van der Waals surface area contributed by atoms with E-state index in [1.807, 2.05) is 0 Å². The van der Waals surface area contributed by atoms with Gasteiger partial charge in [0.1, 0.15) is 29.1 Å². The van der Waals surface area contributed by atoms with Crippen molar-refractivity contribution in [2.75, 3.05) is 33.0 Å². The number of fused-ring (bicyclic) bond motifs is 1. The van der Waals surface area contributed by atoms with E-state index in [4.69, 9.17) is 10.5 Å².